The van der Waals surface area contributed by atoms with Crippen LogP contribution in [-0.4, -0.2) is 231 Å². The van der Waals surface area contributed by atoms with Crippen LogP contribution in [0.25, 0.3) is 0 Å². The lowest BCUT2D eigenvalue weighted by Gasteiger charge is -2.37. The zero-order chi connectivity index (χ0) is 61.2. The number of nitrogens with one attached hydrogen (secondary N) is 1. The Morgan fingerprint density at radius 3 is 0.849 bits per heavy atom. The van der Waals surface area contributed by atoms with Crippen molar-refractivity contribution < 1.29 is 112 Å². The highest BCUT2D eigenvalue weighted by Gasteiger charge is 2.36. The summed E-state index contributed by atoms with van der Waals surface area (Å²) >= 11 is 0. The van der Waals surface area contributed by atoms with Crippen molar-refractivity contribution in [2.75, 3.05) is 225 Å². The van der Waals surface area contributed by atoms with Gasteiger partial charge in [0, 0.05) is 6.54 Å². The second-order valence-corrected chi connectivity index (χ2v) is 18.1. The maximum absolute atomic E-state index is 13.6. The Kier molecular flexibility index (Phi) is 42.0. The third-order valence-electron chi connectivity index (χ3n) is 12.0. The number of esters is 1. The molecule has 86 heavy (non-hydrogen) atoms. The summed E-state index contributed by atoms with van der Waals surface area (Å²) in [6, 6.07) is 29.1. The molecule has 0 fully saturated rings. The largest absolute Gasteiger partial charge is 0.497 e. The van der Waals surface area contributed by atoms with Crippen LogP contribution in [0.3, 0.4) is 0 Å². The van der Waals surface area contributed by atoms with E-state index < -0.39 is 52.8 Å². The molecule has 0 spiro atoms. The summed E-state index contributed by atoms with van der Waals surface area (Å²) < 4.78 is 165. The lowest BCUT2D eigenvalue weighted by molar-refractivity contribution is -0.136. The van der Waals surface area contributed by atoms with Gasteiger partial charge in [-0.15, -0.1) is 0 Å². The van der Waals surface area contributed by atoms with E-state index in [-0.39, 0.29) is 26.4 Å². The van der Waals surface area contributed by atoms with E-state index in [0.29, 0.717) is 192 Å². The summed E-state index contributed by atoms with van der Waals surface area (Å²) in [6.07, 6.45) is -0.495. The average molecular weight is 1230 g/mol. The molecule has 0 atom stereocenters. The summed E-state index contributed by atoms with van der Waals surface area (Å²) in [5.74, 6) is -13.4. The van der Waals surface area contributed by atoms with Gasteiger partial charge in [-0.3, -0.25) is 10.1 Å². The highest BCUT2D eigenvalue weighted by molar-refractivity contribution is 5.72. The van der Waals surface area contributed by atoms with Gasteiger partial charge >= 0.3 is 5.97 Å². The molecule has 25 heteroatoms. The second kappa shape index (κ2) is 49.1. The second-order valence-electron chi connectivity index (χ2n) is 18.1. The maximum Gasteiger partial charge on any atom is 0.313 e. The van der Waals surface area contributed by atoms with Gasteiger partial charge in [0.15, 0.2) is 0 Å². The number of hydrogen-bond acceptors (Lipinski definition) is 20. The van der Waals surface area contributed by atoms with Crippen molar-refractivity contribution in [2.24, 2.45) is 0 Å². The van der Waals surface area contributed by atoms with Crippen molar-refractivity contribution in [3.63, 3.8) is 0 Å². The first kappa shape index (κ1) is 73.6. The minimum absolute atomic E-state index is 0.0711. The Bertz CT molecular complexity index is 2220. The molecule has 0 amide bonds. The van der Waals surface area contributed by atoms with Gasteiger partial charge in [0.1, 0.15) is 5.75 Å². The number of ether oxygens (including phenoxy) is 18. The molecule has 1 N–H and O–H groups in total. The fourth-order valence-electron chi connectivity index (χ4n) is 7.73. The lowest BCUT2D eigenvalue weighted by Crippen LogP contribution is -2.46. The molecule has 484 valence electrons. The quantitative estimate of drug-likeness (QED) is 0.00952. The van der Waals surface area contributed by atoms with E-state index in [1.54, 1.807) is 7.11 Å². The van der Waals surface area contributed by atoms with Crippen LogP contribution in [0, 0.1) is 29.1 Å². The van der Waals surface area contributed by atoms with E-state index in [0.717, 1.165) is 22.4 Å². The smallest absolute Gasteiger partial charge is 0.313 e. The Morgan fingerprint density at radius 2 is 0.570 bits per heavy atom. The average Bonchev–Trinajstić information content (AvgIpc) is 0.942. The molecule has 0 aliphatic carbocycles. The summed E-state index contributed by atoms with van der Waals surface area (Å²) in [6.45, 7) is 13.2. The van der Waals surface area contributed by atoms with Crippen LogP contribution in [0.2, 0.25) is 0 Å². The number of hydrogen-bond donors (Lipinski definition) is 1. The van der Waals surface area contributed by atoms with Crippen LogP contribution in [0.15, 0.2) is 84.9 Å². The van der Waals surface area contributed by atoms with Crippen LogP contribution in [-0.2, 0) is 86.1 Å². The molecule has 0 radical (unpaired) electrons. The minimum atomic E-state index is -2.35. The van der Waals surface area contributed by atoms with Gasteiger partial charge < -0.3 is 85.3 Å². The van der Waals surface area contributed by atoms with Crippen LogP contribution in [0.5, 0.6) is 11.5 Å². The standard InChI is InChI=1S/C61H86F5NO19/c1-69-53-14-12-52(13-15-53)61(50-8-4-2-5-9-50,51-10-6-3-7-11-51)67-17-19-71-21-23-73-25-27-75-29-31-77-33-35-79-37-39-81-41-43-83-45-47-85-49-48-84-46-44-82-42-40-80-38-36-78-34-32-76-30-28-74-26-24-72-22-20-70-18-16-54(68)86-60-58(65)56(63)55(62)57(64)59(60)66/h2-15,67H,16-49H2,1H3. The van der Waals surface area contributed by atoms with E-state index in [1.807, 2.05) is 24.3 Å². The Labute approximate surface area is 501 Å². The van der Waals surface area contributed by atoms with Crippen molar-refractivity contribution >= 4 is 5.97 Å². The Morgan fingerprint density at radius 1 is 0.326 bits per heavy atom. The fraction of sp³-hybridized carbons (Fsp3) is 0.590. The predicted molar refractivity (Wildman–Crippen MR) is 303 cm³/mol. The molecule has 4 rings (SSSR count). The fourth-order valence-corrected chi connectivity index (χ4v) is 7.73. The molecule has 0 bridgehead atoms. The first-order chi connectivity index (χ1) is 42.3. The van der Waals surface area contributed by atoms with E-state index in [2.05, 4.69) is 70.7 Å². The normalized spacial score (nSPS) is 11.7. The van der Waals surface area contributed by atoms with Crippen LogP contribution < -0.4 is 14.8 Å². The lowest BCUT2D eigenvalue weighted by atomic mass is 9.77. The van der Waals surface area contributed by atoms with Crippen LogP contribution >= 0.6 is 0 Å². The van der Waals surface area contributed by atoms with E-state index in [4.69, 9.17) is 80.5 Å². The molecule has 0 unspecified atom stereocenters. The summed E-state index contributed by atoms with van der Waals surface area (Å²) in [5, 5.41) is 3.82. The first-order valence-electron chi connectivity index (χ1n) is 28.8. The van der Waals surface area contributed by atoms with Gasteiger partial charge in [0.25, 0.3) is 0 Å². The van der Waals surface area contributed by atoms with E-state index >= 15 is 0 Å². The molecule has 0 heterocycles. The highest BCUT2D eigenvalue weighted by Crippen LogP contribution is 2.37. The van der Waals surface area contributed by atoms with Crippen LogP contribution in [0.1, 0.15) is 23.1 Å². The molecule has 0 aliphatic heterocycles. The first-order valence-corrected chi connectivity index (χ1v) is 28.8. The number of carbonyl (C=O) groups excluding carboxylic acids is 1. The zero-order valence-corrected chi connectivity index (χ0v) is 49.3. The topological polar surface area (TPSA) is 195 Å². The molecule has 4 aromatic carbocycles. The van der Waals surface area contributed by atoms with Gasteiger partial charge in [0.2, 0.25) is 34.8 Å². The highest BCUT2D eigenvalue weighted by atomic mass is 19.2. The van der Waals surface area contributed by atoms with E-state index in [9.17, 15) is 26.7 Å². The Hall–Kier alpha value is -4.88. The van der Waals surface area contributed by atoms with Gasteiger partial charge in [-0.25, -0.2) is 13.2 Å². The summed E-state index contributed by atoms with van der Waals surface area (Å²) in [7, 11) is 1.67. The number of rotatable bonds is 57. The SMILES string of the molecule is COc1ccc(C(NCCOCCOCCOCCOCCOCCOCCOCCOCCOCCOCCOCCOCCOCCOCCOCCOCCC(=O)Oc2c(F)c(F)c(F)c(F)c2F)(c2ccccc2)c2ccccc2)cc1. The van der Waals surface area contributed by atoms with Crippen molar-refractivity contribution in [1.82, 2.24) is 5.32 Å². The number of methoxy groups -OCH3 is 1. The third kappa shape index (κ3) is 31.3. The zero-order valence-electron chi connectivity index (χ0n) is 49.3. The molecule has 0 saturated carbocycles. The number of halogens is 5. The monoisotopic (exact) mass is 1230 g/mol. The summed E-state index contributed by atoms with van der Waals surface area (Å²) in [5.41, 5.74) is 2.78. The van der Waals surface area contributed by atoms with Crippen molar-refractivity contribution in [3.05, 3.63) is 131 Å². The van der Waals surface area contributed by atoms with E-state index in [1.165, 1.54) is 0 Å². The van der Waals surface area contributed by atoms with Gasteiger partial charge in [-0.2, -0.15) is 8.78 Å². The van der Waals surface area contributed by atoms with Crippen molar-refractivity contribution in [2.45, 2.75) is 12.0 Å². The minimum Gasteiger partial charge on any atom is -0.497 e. The molecular formula is C61H86F5NO19. The molecule has 0 saturated heterocycles. The van der Waals surface area contributed by atoms with Crippen molar-refractivity contribution in [1.29, 1.82) is 0 Å². The molecular weight excluding hydrogens is 1150 g/mol. The molecule has 0 aliphatic rings. The van der Waals surface area contributed by atoms with Crippen molar-refractivity contribution in [3.8, 4) is 11.5 Å². The van der Waals surface area contributed by atoms with Gasteiger partial charge in [0.05, 0.1) is 230 Å². The van der Waals surface area contributed by atoms with Gasteiger partial charge in [-0.05, 0) is 28.8 Å². The van der Waals surface area contributed by atoms with Gasteiger partial charge in [-0.1, -0.05) is 72.8 Å². The van der Waals surface area contributed by atoms with Crippen LogP contribution in [0.4, 0.5) is 22.0 Å². The molecule has 4 aromatic rings. The summed E-state index contributed by atoms with van der Waals surface area (Å²) in [4.78, 5) is 11.7. The Balaban J connectivity index is 0.773. The molecule has 20 nitrogen and oxygen atoms in total. The molecule has 0 aromatic heterocycles. The number of carbonyl (C=O) groups is 1. The maximum atomic E-state index is 13.6. The predicted octanol–water partition coefficient (Wildman–Crippen LogP) is 6.53. The number of benzene rings is 4. The third-order valence-corrected chi connectivity index (χ3v) is 12.0.